The summed E-state index contributed by atoms with van der Waals surface area (Å²) in [5, 5.41) is 0. The van der Waals surface area contributed by atoms with E-state index in [1.807, 2.05) is 6.92 Å². The van der Waals surface area contributed by atoms with Gasteiger partial charge in [0.2, 0.25) is 5.91 Å². The van der Waals surface area contributed by atoms with Gasteiger partial charge in [0.05, 0.1) is 18.1 Å². The Hall–Kier alpha value is -0.370. The maximum absolute atomic E-state index is 12.3. The summed E-state index contributed by atoms with van der Waals surface area (Å²) < 4.78 is 23.0. The smallest absolute Gasteiger partial charge is 0.237 e. The van der Waals surface area contributed by atoms with Crippen LogP contribution < -0.4 is 5.73 Å². The van der Waals surface area contributed by atoms with E-state index >= 15 is 0 Å². The zero-order valence-corrected chi connectivity index (χ0v) is 13.5. The van der Waals surface area contributed by atoms with E-state index in [2.05, 4.69) is 4.90 Å². The first-order chi connectivity index (χ1) is 8.91. The van der Waals surface area contributed by atoms with E-state index in [1.165, 1.54) is 0 Å². The molecule has 0 aromatic rings. The summed E-state index contributed by atoms with van der Waals surface area (Å²) in [6, 6.07) is 0.0218. The molecule has 2 heterocycles. The number of rotatable bonds is 4. The van der Waals surface area contributed by atoms with E-state index in [1.54, 1.807) is 4.90 Å². The standard InChI is InChI=1S/C12H23N3O3S.ClH/c1-2-15(11-4-6-19(17,18)9-11)12(16)8-14-5-3-10(13)7-14;/h10-11H,2-9,13H2,1H3;1H. The van der Waals surface area contributed by atoms with Crippen molar-refractivity contribution in [3.8, 4) is 0 Å². The summed E-state index contributed by atoms with van der Waals surface area (Å²) in [5.41, 5.74) is 5.82. The lowest BCUT2D eigenvalue weighted by atomic mass is 10.2. The first-order valence-electron chi connectivity index (χ1n) is 6.89. The molecule has 2 fully saturated rings. The van der Waals surface area contributed by atoms with Crippen LogP contribution in [0.25, 0.3) is 0 Å². The molecule has 2 N–H and O–H groups in total. The molecular formula is C12H24ClN3O3S. The van der Waals surface area contributed by atoms with Gasteiger partial charge in [0, 0.05) is 31.7 Å². The third kappa shape index (κ3) is 4.31. The van der Waals surface area contributed by atoms with E-state index in [4.69, 9.17) is 5.73 Å². The van der Waals surface area contributed by atoms with Crippen molar-refractivity contribution in [1.29, 1.82) is 0 Å². The molecule has 0 aromatic heterocycles. The monoisotopic (exact) mass is 325 g/mol. The predicted molar refractivity (Wildman–Crippen MR) is 80.7 cm³/mol. The van der Waals surface area contributed by atoms with E-state index in [9.17, 15) is 13.2 Å². The van der Waals surface area contributed by atoms with Gasteiger partial charge >= 0.3 is 0 Å². The Morgan fingerprint density at radius 1 is 1.40 bits per heavy atom. The Balaban J connectivity index is 0.00000200. The lowest BCUT2D eigenvalue weighted by Crippen LogP contribution is -2.46. The minimum Gasteiger partial charge on any atom is -0.338 e. The summed E-state index contributed by atoms with van der Waals surface area (Å²) in [7, 11) is -2.95. The van der Waals surface area contributed by atoms with Crippen molar-refractivity contribution in [2.24, 2.45) is 5.73 Å². The van der Waals surface area contributed by atoms with Gasteiger partial charge in [-0.3, -0.25) is 9.69 Å². The summed E-state index contributed by atoms with van der Waals surface area (Å²) in [6.07, 6.45) is 1.50. The maximum atomic E-state index is 12.3. The zero-order chi connectivity index (χ0) is 14.0. The fourth-order valence-electron chi connectivity index (χ4n) is 2.95. The molecule has 8 heteroatoms. The van der Waals surface area contributed by atoms with Crippen LogP contribution in [0.3, 0.4) is 0 Å². The van der Waals surface area contributed by atoms with Gasteiger partial charge in [0.25, 0.3) is 0 Å². The molecule has 0 aliphatic carbocycles. The number of amides is 1. The molecule has 0 aromatic carbocycles. The van der Waals surface area contributed by atoms with Crippen LogP contribution in [0.15, 0.2) is 0 Å². The Labute approximate surface area is 127 Å². The second-order valence-electron chi connectivity index (χ2n) is 5.52. The van der Waals surface area contributed by atoms with E-state index in [0.717, 1.165) is 19.5 Å². The number of nitrogens with zero attached hydrogens (tertiary/aromatic N) is 2. The Bertz CT molecular complexity index is 443. The van der Waals surface area contributed by atoms with E-state index in [0.29, 0.717) is 19.5 Å². The Morgan fingerprint density at radius 2 is 2.10 bits per heavy atom. The number of likely N-dealkylation sites (tertiary alicyclic amines) is 1. The van der Waals surface area contributed by atoms with Gasteiger partial charge in [-0.15, -0.1) is 12.4 Å². The van der Waals surface area contributed by atoms with Crippen LogP contribution in [-0.4, -0.2) is 73.9 Å². The molecular weight excluding hydrogens is 302 g/mol. The number of hydrogen-bond acceptors (Lipinski definition) is 5. The summed E-state index contributed by atoms with van der Waals surface area (Å²) >= 11 is 0. The van der Waals surface area contributed by atoms with Crippen LogP contribution in [0.2, 0.25) is 0 Å². The van der Waals surface area contributed by atoms with Crippen molar-refractivity contribution < 1.29 is 13.2 Å². The number of hydrogen-bond donors (Lipinski definition) is 1. The van der Waals surface area contributed by atoms with Gasteiger partial charge in [0.15, 0.2) is 9.84 Å². The van der Waals surface area contributed by atoms with Gasteiger partial charge in [-0.05, 0) is 19.8 Å². The lowest BCUT2D eigenvalue weighted by molar-refractivity contribution is -0.133. The SMILES string of the molecule is CCN(C(=O)CN1CCC(N)C1)C1CCS(=O)(=O)C1.Cl. The van der Waals surface area contributed by atoms with Crippen molar-refractivity contribution in [2.75, 3.05) is 37.7 Å². The highest BCUT2D eigenvalue weighted by atomic mass is 35.5. The molecule has 6 nitrogen and oxygen atoms in total. The van der Waals surface area contributed by atoms with Crippen LogP contribution in [0, 0.1) is 0 Å². The summed E-state index contributed by atoms with van der Waals surface area (Å²) in [5.74, 6) is 0.348. The normalized spacial score (nSPS) is 29.1. The van der Waals surface area contributed by atoms with Gasteiger partial charge in [0.1, 0.15) is 0 Å². The molecule has 2 aliphatic rings. The predicted octanol–water partition coefficient (Wildman–Crippen LogP) is -0.523. The highest BCUT2D eigenvalue weighted by Gasteiger charge is 2.34. The fraction of sp³-hybridized carbons (Fsp3) is 0.917. The fourth-order valence-corrected chi connectivity index (χ4v) is 4.68. The van der Waals surface area contributed by atoms with Gasteiger partial charge in [-0.25, -0.2) is 8.42 Å². The molecule has 118 valence electrons. The van der Waals surface area contributed by atoms with Crippen molar-refractivity contribution in [3.63, 3.8) is 0 Å². The Morgan fingerprint density at radius 3 is 2.55 bits per heavy atom. The van der Waals surface area contributed by atoms with Crippen LogP contribution in [0.5, 0.6) is 0 Å². The minimum atomic E-state index is -2.95. The second kappa shape index (κ2) is 7.06. The maximum Gasteiger partial charge on any atom is 0.237 e. The molecule has 0 radical (unpaired) electrons. The highest BCUT2D eigenvalue weighted by molar-refractivity contribution is 7.91. The second-order valence-corrected chi connectivity index (χ2v) is 7.75. The third-order valence-electron chi connectivity index (χ3n) is 3.98. The number of halogens is 1. The van der Waals surface area contributed by atoms with Crippen molar-refractivity contribution in [3.05, 3.63) is 0 Å². The van der Waals surface area contributed by atoms with Gasteiger partial charge in [-0.2, -0.15) is 0 Å². The molecule has 2 rings (SSSR count). The van der Waals surface area contributed by atoms with E-state index in [-0.39, 0.29) is 41.9 Å². The molecule has 2 aliphatic heterocycles. The first-order valence-corrected chi connectivity index (χ1v) is 8.71. The van der Waals surface area contributed by atoms with Crippen molar-refractivity contribution >= 4 is 28.2 Å². The molecule has 2 atom stereocenters. The van der Waals surface area contributed by atoms with Crippen LogP contribution in [-0.2, 0) is 14.6 Å². The minimum absolute atomic E-state index is 0. The Kier molecular flexibility index (Phi) is 6.25. The molecule has 1 amide bonds. The van der Waals surface area contributed by atoms with Crippen LogP contribution in [0.4, 0.5) is 0 Å². The number of sulfone groups is 1. The third-order valence-corrected chi connectivity index (χ3v) is 5.73. The number of carbonyl (C=O) groups excluding carboxylic acids is 1. The summed E-state index contributed by atoms with van der Waals surface area (Å²) in [4.78, 5) is 16.1. The van der Waals surface area contributed by atoms with Gasteiger partial charge < -0.3 is 10.6 Å². The summed E-state index contributed by atoms with van der Waals surface area (Å²) in [6.45, 7) is 4.44. The lowest BCUT2D eigenvalue weighted by Gasteiger charge is -2.28. The van der Waals surface area contributed by atoms with Crippen molar-refractivity contribution in [1.82, 2.24) is 9.80 Å². The number of carbonyl (C=O) groups is 1. The largest absolute Gasteiger partial charge is 0.338 e. The average molecular weight is 326 g/mol. The number of nitrogens with two attached hydrogens (primary N) is 1. The van der Waals surface area contributed by atoms with E-state index < -0.39 is 9.84 Å². The first kappa shape index (κ1) is 17.7. The molecule has 0 bridgehead atoms. The van der Waals surface area contributed by atoms with Gasteiger partial charge in [-0.1, -0.05) is 0 Å². The number of likely N-dealkylation sites (N-methyl/N-ethyl adjacent to an activating group) is 1. The molecule has 2 unspecified atom stereocenters. The zero-order valence-electron chi connectivity index (χ0n) is 11.8. The quantitative estimate of drug-likeness (QED) is 0.751. The van der Waals surface area contributed by atoms with Crippen LogP contribution in [0.1, 0.15) is 19.8 Å². The molecule has 0 saturated carbocycles. The topological polar surface area (TPSA) is 83.7 Å². The average Bonchev–Trinajstić information content (AvgIpc) is 2.86. The highest BCUT2D eigenvalue weighted by Crippen LogP contribution is 2.18. The molecule has 20 heavy (non-hydrogen) atoms. The van der Waals surface area contributed by atoms with Crippen LogP contribution >= 0.6 is 12.4 Å². The molecule has 2 saturated heterocycles. The molecule has 0 spiro atoms. The van der Waals surface area contributed by atoms with Crippen molar-refractivity contribution in [2.45, 2.75) is 31.8 Å².